The minimum Gasteiger partial charge on any atom is -0.395 e. The Morgan fingerprint density at radius 3 is 2.64 bits per heavy atom. The SMILES string of the molecule is Cc1ccc(-n2nc3ccc(NC4=CC(=O)N(CCO)C4=O)cc3n2)cc1Cl. The van der Waals surface area contributed by atoms with Gasteiger partial charge in [-0.2, -0.15) is 4.80 Å². The molecule has 3 aromatic rings. The zero-order valence-electron chi connectivity index (χ0n) is 14.9. The maximum Gasteiger partial charge on any atom is 0.277 e. The number of imide groups is 1. The average Bonchev–Trinajstić information content (AvgIpc) is 3.20. The monoisotopic (exact) mass is 397 g/mol. The molecule has 2 aromatic carbocycles. The van der Waals surface area contributed by atoms with Gasteiger partial charge in [0.25, 0.3) is 11.8 Å². The zero-order valence-corrected chi connectivity index (χ0v) is 15.6. The summed E-state index contributed by atoms with van der Waals surface area (Å²) in [5.74, 6) is -0.929. The van der Waals surface area contributed by atoms with Crippen LogP contribution in [0.1, 0.15) is 5.56 Å². The van der Waals surface area contributed by atoms with Gasteiger partial charge < -0.3 is 10.4 Å². The van der Waals surface area contributed by atoms with E-state index in [1.807, 2.05) is 19.1 Å². The van der Waals surface area contributed by atoms with Gasteiger partial charge in [0.05, 0.1) is 18.8 Å². The minimum atomic E-state index is -0.475. The highest BCUT2D eigenvalue weighted by atomic mass is 35.5. The molecule has 0 saturated heterocycles. The van der Waals surface area contributed by atoms with E-state index >= 15 is 0 Å². The Labute approximate surface area is 165 Å². The van der Waals surface area contributed by atoms with E-state index in [2.05, 4.69) is 15.5 Å². The lowest BCUT2D eigenvalue weighted by Gasteiger charge is -2.13. The fourth-order valence-electron chi connectivity index (χ4n) is 2.88. The van der Waals surface area contributed by atoms with Crippen molar-refractivity contribution in [1.29, 1.82) is 0 Å². The standard InChI is InChI=1S/C19H16ClN5O3/c1-11-2-4-13(9-14(11)20)25-22-15-5-3-12(8-16(15)23-25)21-17-10-18(27)24(6-7-26)19(17)28/h2-5,8-10,21,26H,6-7H2,1H3. The van der Waals surface area contributed by atoms with Crippen molar-refractivity contribution in [2.75, 3.05) is 18.5 Å². The van der Waals surface area contributed by atoms with Crippen molar-refractivity contribution >= 4 is 40.1 Å². The number of fused-ring (bicyclic) bond motifs is 1. The molecule has 2 heterocycles. The van der Waals surface area contributed by atoms with E-state index in [1.165, 1.54) is 10.9 Å². The second-order valence-corrected chi connectivity index (χ2v) is 6.74. The summed E-state index contributed by atoms with van der Waals surface area (Å²) in [6.45, 7) is 1.60. The molecule has 0 aliphatic carbocycles. The number of aliphatic hydroxyl groups is 1. The number of carbonyl (C=O) groups excluding carboxylic acids is 2. The third-order valence-electron chi connectivity index (χ3n) is 4.38. The minimum absolute atomic E-state index is 0.0359. The van der Waals surface area contributed by atoms with Gasteiger partial charge in [-0.25, -0.2) is 0 Å². The van der Waals surface area contributed by atoms with E-state index < -0.39 is 11.8 Å². The quantitative estimate of drug-likeness (QED) is 0.639. The molecule has 4 rings (SSSR count). The smallest absolute Gasteiger partial charge is 0.277 e. The van der Waals surface area contributed by atoms with Crippen LogP contribution in [0.3, 0.4) is 0 Å². The molecular weight excluding hydrogens is 382 g/mol. The van der Waals surface area contributed by atoms with Gasteiger partial charge in [0.1, 0.15) is 16.7 Å². The molecule has 0 saturated carbocycles. The molecule has 9 heteroatoms. The number of nitrogens with zero attached hydrogens (tertiary/aromatic N) is 4. The van der Waals surface area contributed by atoms with E-state index in [4.69, 9.17) is 16.7 Å². The lowest BCUT2D eigenvalue weighted by molar-refractivity contribution is -0.137. The number of hydrogen-bond donors (Lipinski definition) is 2. The van der Waals surface area contributed by atoms with Crippen LogP contribution in [-0.4, -0.2) is 50.0 Å². The topological polar surface area (TPSA) is 100 Å². The first-order chi connectivity index (χ1) is 13.5. The molecule has 0 bridgehead atoms. The van der Waals surface area contributed by atoms with Crippen molar-refractivity contribution in [2.24, 2.45) is 0 Å². The number of β-amino-alcohol motifs (C(OH)–C–C–N with tert-alkyl or cyclic N) is 1. The summed E-state index contributed by atoms with van der Waals surface area (Å²) < 4.78 is 0. The normalized spacial score (nSPS) is 14.1. The summed E-state index contributed by atoms with van der Waals surface area (Å²) in [7, 11) is 0. The fourth-order valence-corrected chi connectivity index (χ4v) is 3.05. The average molecular weight is 398 g/mol. The Hall–Kier alpha value is -3.23. The Morgan fingerprint density at radius 2 is 1.89 bits per heavy atom. The number of halogens is 1. The number of aliphatic hydroxyl groups excluding tert-OH is 1. The van der Waals surface area contributed by atoms with Gasteiger partial charge in [-0.1, -0.05) is 17.7 Å². The van der Waals surface area contributed by atoms with Crippen LogP contribution in [0.25, 0.3) is 16.7 Å². The van der Waals surface area contributed by atoms with Crippen molar-refractivity contribution in [3.8, 4) is 5.69 Å². The molecule has 28 heavy (non-hydrogen) atoms. The van der Waals surface area contributed by atoms with Crippen molar-refractivity contribution in [2.45, 2.75) is 6.92 Å². The van der Waals surface area contributed by atoms with Crippen LogP contribution in [0, 0.1) is 6.92 Å². The Morgan fingerprint density at radius 1 is 1.11 bits per heavy atom. The summed E-state index contributed by atoms with van der Waals surface area (Å²) in [6, 6.07) is 10.8. The molecule has 1 aliphatic heterocycles. The Balaban J connectivity index is 1.60. The summed E-state index contributed by atoms with van der Waals surface area (Å²) in [4.78, 5) is 26.6. The lowest BCUT2D eigenvalue weighted by atomic mass is 10.2. The largest absolute Gasteiger partial charge is 0.395 e. The van der Waals surface area contributed by atoms with Gasteiger partial charge >= 0.3 is 0 Å². The van der Waals surface area contributed by atoms with E-state index in [0.717, 1.165) is 16.2 Å². The van der Waals surface area contributed by atoms with Gasteiger partial charge in [-0.15, -0.1) is 10.2 Å². The van der Waals surface area contributed by atoms with Crippen LogP contribution in [-0.2, 0) is 9.59 Å². The molecule has 0 unspecified atom stereocenters. The van der Waals surface area contributed by atoms with Gasteiger partial charge in [0, 0.05) is 16.8 Å². The summed E-state index contributed by atoms with van der Waals surface area (Å²) >= 11 is 6.18. The second kappa shape index (κ2) is 7.06. The third-order valence-corrected chi connectivity index (χ3v) is 4.79. The molecule has 142 valence electrons. The molecule has 0 spiro atoms. The third kappa shape index (κ3) is 3.23. The molecule has 0 fully saturated rings. The van der Waals surface area contributed by atoms with Gasteiger partial charge in [0.15, 0.2) is 0 Å². The first kappa shape index (κ1) is 18.1. The van der Waals surface area contributed by atoms with Crippen molar-refractivity contribution < 1.29 is 14.7 Å². The molecular formula is C19H16ClN5O3. The highest BCUT2D eigenvalue weighted by molar-refractivity contribution is 6.31. The van der Waals surface area contributed by atoms with E-state index in [1.54, 1.807) is 24.3 Å². The fraction of sp³-hybridized carbons (Fsp3) is 0.158. The zero-order chi connectivity index (χ0) is 19.8. The van der Waals surface area contributed by atoms with Crippen LogP contribution in [0.2, 0.25) is 5.02 Å². The maximum atomic E-state index is 12.2. The first-order valence-corrected chi connectivity index (χ1v) is 8.93. The molecule has 1 aliphatic rings. The van der Waals surface area contributed by atoms with Crippen molar-refractivity contribution in [3.05, 3.63) is 58.8 Å². The van der Waals surface area contributed by atoms with Gasteiger partial charge in [-0.3, -0.25) is 14.5 Å². The molecule has 0 atom stereocenters. The number of hydrogen-bond acceptors (Lipinski definition) is 6. The van der Waals surface area contributed by atoms with Gasteiger partial charge in [0.2, 0.25) is 0 Å². The number of nitrogens with one attached hydrogen (secondary N) is 1. The highest BCUT2D eigenvalue weighted by Gasteiger charge is 2.30. The number of benzene rings is 2. The maximum absolute atomic E-state index is 12.2. The predicted octanol–water partition coefficient (Wildman–Crippen LogP) is 2.04. The summed E-state index contributed by atoms with van der Waals surface area (Å²) in [5.41, 5.74) is 3.74. The molecule has 2 N–H and O–H groups in total. The number of amides is 2. The predicted molar refractivity (Wildman–Crippen MR) is 104 cm³/mol. The molecule has 2 amide bonds. The molecule has 0 radical (unpaired) electrons. The second-order valence-electron chi connectivity index (χ2n) is 6.33. The van der Waals surface area contributed by atoms with Crippen LogP contribution in [0.5, 0.6) is 0 Å². The number of carbonyl (C=O) groups is 2. The van der Waals surface area contributed by atoms with Crippen LogP contribution in [0.15, 0.2) is 48.2 Å². The Kier molecular flexibility index (Phi) is 4.58. The number of aromatic nitrogens is 3. The van der Waals surface area contributed by atoms with E-state index in [-0.39, 0.29) is 18.8 Å². The molecule has 8 nitrogen and oxygen atoms in total. The summed E-state index contributed by atoms with van der Waals surface area (Å²) in [6.07, 6.45) is 1.22. The van der Waals surface area contributed by atoms with Crippen molar-refractivity contribution in [1.82, 2.24) is 19.9 Å². The van der Waals surface area contributed by atoms with Crippen LogP contribution >= 0.6 is 11.6 Å². The van der Waals surface area contributed by atoms with E-state index in [9.17, 15) is 9.59 Å². The van der Waals surface area contributed by atoms with Crippen LogP contribution in [0.4, 0.5) is 5.69 Å². The van der Waals surface area contributed by atoms with Gasteiger partial charge in [-0.05, 0) is 42.8 Å². The lowest BCUT2D eigenvalue weighted by Crippen LogP contribution is -2.34. The number of rotatable bonds is 5. The van der Waals surface area contributed by atoms with E-state index in [0.29, 0.717) is 21.7 Å². The first-order valence-electron chi connectivity index (χ1n) is 8.55. The molecule has 1 aromatic heterocycles. The van der Waals surface area contributed by atoms with Crippen molar-refractivity contribution in [3.63, 3.8) is 0 Å². The van der Waals surface area contributed by atoms with Crippen LogP contribution < -0.4 is 5.32 Å². The highest BCUT2D eigenvalue weighted by Crippen LogP contribution is 2.23. The summed E-state index contributed by atoms with van der Waals surface area (Å²) in [5, 5.41) is 21.4. The number of anilines is 1. The number of aryl methyl sites for hydroxylation is 1. The Bertz CT molecular complexity index is 1140.